The van der Waals surface area contributed by atoms with Crippen LogP contribution in [0.25, 0.3) is 0 Å². The number of carbonyl (C=O) groups is 1. The lowest BCUT2D eigenvalue weighted by atomic mass is 10.1. The van der Waals surface area contributed by atoms with Crippen LogP contribution in [0.2, 0.25) is 0 Å². The van der Waals surface area contributed by atoms with Crippen molar-refractivity contribution in [2.45, 2.75) is 26.2 Å². The van der Waals surface area contributed by atoms with Crippen molar-refractivity contribution in [1.82, 2.24) is 5.32 Å². The van der Waals surface area contributed by atoms with E-state index in [0.29, 0.717) is 13.1 Å². The summed E-state index contributed by atoms with van der Waals surface area (Å²) in [6.07, 6.45) is 2.58. The van der Waals surface area contributed by atoms with Gasteiger partial charge in [-0.05, 0) is 36.6 Å². The SMILES string of the molecule is CC(CCN)C(=O)NCCc1ccc2c(c1)CCO2. The van der Waals surface area contributed by atoms with Crippen LogP contribution < -0.4 is 15.8 Å². The maximum atomic E-state index is 11.7. The Morgan fingerprint density at radius 2 is 2.37 bits per heavy atom. The van der Waals surface area contributed by atoms with E-state index >= 15 is 0 Å². The molecule has 4 heteroatoms. The van der Waals surface area contributed by atoms with E-state index in [4.69, 9.17) is 10.5 Å². The summed E-state index contributed by atoms with van der Waals surface area (Å²) in [7, 11) is 0. The van der Waals surface area contributed by atoms with E-state index in [1.807, 2.05) is 13.0 Å². The first-order valence-corrected chi connectivity index (χ1v) is 6.93. The average Bonchev–Trinajstić information content (AvgIpc) is 2.86. The Kier molecular flexibility index (Phi) is 4.80. The van der Waals surface area contributed by atoms with Crippen molar-refractivity contribution in [2.24, 2.45) is 11.7 Å². The second-order valence-corrected chi connectivity index (χ2v) is 5.06. The van der Waals surface area contributed by atoms with Crippen LogP contribution >= 0.6 is 0 Å². The number of nitrogens with one attached hydrogen (secondary N) is 1. The van der Waals surface area contributed by atoms with Gasteiger partial charge in [0.2, 0.25) is 5.91 Å². The van der Waals surface area contributed by atoms with E-state index in [-0.39, 0.29) is 11.8 Å². The van der Waals surface area contributed by atoms with E-state index in [1.165, 1.54) is 11.1 Å². The normalized spacial score (nSPS) is 14.6. The molecule has 1 heterocycles. The summed E-state index contributed by atoms with van der Waals surface area (Å²) in [5.74, 6) is 1.10. The molecule has 1 unspecified atom stereocenters. The third-order valence-corrected chi connectivity index (χ3v) is 3.51. The summed E-state index contributed by atoms with van der Waals surface area (Å²) >= 11 is 0. The van der Waals surface area contributed by atoms with Crippen molar-refractivity contribution in [3.8, 4) is 5.75 Å². The average molecular weight is 262 g/mol. The summed E-state index contributed by atoms with van der Waals surface area (Å²) < 4.78 is 5.47. The monoisotopic (exact) mass is 262 g/mol. The van der Waals surface area contributed by atoms with Gasteiger partial charge in [-0.2, -0.15) is 0 Å². The number of nitrogens with two attached hydrogens (primary N) is 1. The Bertz CT molecular complexity index is 446. The molecule has 0 spiro atoms. The number of carbonyl (C=O) groups excluding carboxylic acids is 1. The Balaban J connectivity index is 1.78. The minimum absolute atomic E-state index is 0.00146. The molecule has 0 radical (unpaired) electrons. The van der Waals surface area contributed by atoms with Crippen molar-refractivity contribution in [3.05, 3.63) is 29.3 Å². The molecule has 1 aliphatic heterocycles. The predicted octanol–water partition coefficient (Wildman–Crippen LogP) is 1.27. The zero-order valence-electron chi connectivity index (χ0n) is 11.4. The number of hydrogen-bond acceptors (Lipinski definition) is 3. The van der Waals surface area contributed by atoms with Crippen molar-refractivity contribution in [1.29, 1.82) is 0 Å². The maximum Gasteiger partial charge on any atom is 0.222 e. The van der Waals surface area contributed by atoms with Crippen LogP contribution in [0.5, 0.6) is 5.75 Å². The molecule has 0 saturated carbocycles. The molecule has 0 saturated heterocycles. The third kappa shape index (κ3) is 3.70. The van der Waals surface area contributed by atoms with E-state index in [9.17, 15) is 4.79 Å². The van der Waals surface area contributed by atoms with Gasteiger partial charge in [0, 0.05) is 18.9 Å². The van der Waals surface area contributed by atoms with E-state index in [2.05, 4.69) is 17.4 Å². The minimum Gasteiger partial charge on any atom is -0.493 e. The molecule has 4 nitrogen and oxygen atoms in total. The van der Waals surface area contributed by atoms with Crippen molar-refractivity contribution < 1.29 is 9.53 Å². The van der Waals surface area contributed by atoms with Crippen molar-refractivity contribution >= 4 is 5.91 Å². The molecule has 104 valence electrons. The highest BCUT2D eigenvalue weighted by Gasteiger charge is 2.13. The fourth-order valence-electron chi connectivity index (χ4n) is 2.28. The van der Waals surface area contributed by atoms with Crippen molar-refractivity contribution in [2.75, 3.05) is 19.7 Å². The van der Waals surface area contributed by atoms with Gasteiger partial charge in [0.25, 0.3) is 0 Å². The number of fused-ring (bicyclic) bond motifs is 1. The molecule has 2 rings (SSSR count). The summed E-state index contributed by atoms with van der Waals surface area (Å²) in [5.41, 5.74) is 7.97. The smallest absolute Gasteiger partial charge is 0.222 e. The Hall–Kier alpha value is -1.55. The molecular weight excluding hydrogens is 240 g/mol. The molecule has 1 aliphatic rings. The first-order chi connectivity index (χ1) is 9.20. The van der Waals surface area contributed by atoms with Gasteiger partial charge in [-0.15, -0.1) is 0 Å². The number of hydrogen-bond donors (Lipinski definition) is 2. The Labute approximate surface area is 114 Å². The molecule has 19 heavy (non-hydrogen) atoms. The van der Waals surface area contributed by atoms with Gasteiger partial charge >= 0.3 is 0 Å². The predicted molar refractivity (Wildman–Crippen MR) is 75.2 cm³/mol. The maximum absolute atomic E-state index is 11.7. The molecule has 0 fully saturated rings. The molecular formula is C15H22N2O2. The second kappa shape index (κ2) is 6.57. The standard InChI is InChI=1S/C15H22N2O2/c1-11(4-7-16)15(18)17-8-5-12-2-3-14-13(10-12)6-9-19-14/h2-3,10-11H,4-9,16H2,1H3,(H,17,18). The fourth-order valence-corrected chi connectivity index (χ4v) is 2.28. The largest absolute Gasteiger partial charge is 0.493 e. The summed E-state index contributed by atoms with van der Waals surface area (Å²) in [5, 5.41) is 2.96. The van der Waals surface area contributed by atoms with Crippen molar-refractivity contribution in [3.63, 3.8) is 0 Å². The molecule has 1 amide bonds. The lowest BCUT2D eigenvalue weighted by molar-refractivity contribution is -0.124. The molecule has 1 aromatic carbocycles. The minimum atomic E-state index is -0.00146. The summed E-state index contributed by atoms with van der Waals surface area (Å²) in [4.78, 5) is 11.7. The van der Waals surface area contributed by atoms with Gasteiger partial charge in [0.1, 0.15) is 5.75 Å². The van der Waals surface area contributed by atoms with Crippen LogP contribution in [0.15, 0.2) is 18.2 Å². The quantitative estimate of drug-likeness (QED) is 0.811. The number of ether oxygens (including phenoxy) is 1. The molecule has 0 aliphatic carbocycles. The highest BCUT2D eigenvalue weighted by atomic mass is 16.5. The molecule has 1 aromatic rings. The molecule has 3 N–H and O–H groups in total. The first kappa shape index (κ1) is 13.9. The summed E-state index contributed by atoms with van der Waals surface area (Å²) in [6, 6.07) is 6.27. The van der Waals surface area contributed by atoms with Crippen LogP contribution in [0, 0.1) is 5.92 Å². The zero-order chi connectivity index (χ0) is 13.7. The highest BCUT2D eigenvalue weighted by molar-refractivity contribution is 5.78. The van der Waals surface area contributed by atoms with Crippen LogP contribution in [0.3, 0.4) is 0 Å². The van der Waals surface area contributed by atoms with E-state index in [0.717, 1.165) is 31.6 Å². The molecule has 0 bridgehead atoms. The van der Waals surface area contributed by atoms with Gasteiger partial charge < -0.3 is 15.8 Å². The van der Waals surface area contributed by atoms with Crippen LogP contribution in [-0.4, -0.2) is 25.6 Å². The molecule has 0 aromatic heterocycles. The van der Waals surface area contributed by atoms with Crippen LogP contribution in [-0.2, 0) is 17.6 Å². The summed E-state index contributed by atoms with van der Waals surface area (Å²) in [6.45, 7) is 3.92. The van der Waals surface area contributed by atoms with Gasteiger partial charge in [-0.1, -0.05) is 19.1 Å². The number of amides is 1. The first-order valence-electron chi connectivity index (χ1n) is 6.93. The van der Waals surface area contributed by atoms with Crippen LogP contribution in [0.1, 0.15) is 24.5 Å². The lowest BCUT2D eigenvalue weighted by Gasteiger charge is -2.11. The lowest BCUT2D eigenvalue weighted by Crippen LogP contribution is -2.31. The highest BCUT2D eigenvalue weighted by Crippen LogP contribution is 2.25. The molecule has 1 atom stereocenters. The fraction of sp³-hybridized carbons (Fsp3) is 0.533. The number of benzene rings is 1. The Morgan fingerprint density at radius 1 is 1.53 bits per heavy atom. The zero-order valence-corrected chi connectivity index (χ0v) is 11.4. The van der Waals surface area contributed by atoms with E-state index in [1.54, 1.807) is 0 Å². The second-order valence-electron chi connectivity index (χ2n) is 5.06. The Morgan fingerprint density at radius 3 is 3.16 bits per heavy atom. The van der Waals surface area contributed by atoms with Gasteiger partial charge in [0.05, 0.1) is 6.61 Å². The van der Waals surface area contributed by atoms with Gasteiger partial charge in [0.15, 0.2) is 0 Å². The van der Waals surface area contributed by atoms with Crippen LogP contribution in [0.4, 0.5) is 0 Å². The van der Waals surface area contributed by atoms with Gasteiger partial charge in [-0.25, -0.2) is 0 Å². The number of rotatable bonds is 6. The van der Waals surface area contributed by atoms with E-state index < -0.39 is 0 Å². The third-order valence-electron chi connectivity index (χ3n) is 3.51. The topological polar surface area (TPSA) is 64.4 Å². The van der Waals surface area contributed by atoms with Gasteiger partial charge in [-0.3, -0.25) is 4.79 Å².